The molecule has 0 spiro atoms. The predicted molar refractivity (Wildman–Crippen MR) is 80.0 cm³/mol. The number of ether oxygens (including phenoxy) is 2. The van der Waals surface area contributed by atoms with Gasteiger partial charge in [-0.1, -0.05) is 13.0 Å². The molecule has 120 valence electrons. The first-order chi connectivity index (χ1) is 10.5. The zero-order valence-electron chi connectivity index (χ0n) is 13.0. The minimum absolute atomic E-state index is 0.00330. The van der Waals surface area contributed by atoms with Crippen LogP contribution in [0.1, 0.15) is 31.4 Å². The molecule has 0 heterocycles. The average Bonchev–Trinajstić information content (AvgIpc) is 3.22. The lowest BCUT2D eigenvalue weighted by Crippen LogP contribution is -2.31. The smallest absolute Gasteiger partial charge is 0.305 e. The van der Waals surface area contributed by atoms with Crippen LogP contribution >= 0.6 is 0 Å². The molecule has 1 aliphatic rings. The lowest BCUT2D eigenvalue weighted by Gasteiger charge is -2.19. The van der Waals surface area contributed by atoms with E-state index in [0.717, 1.165) is 6.42 Å². The van der Waals surface area contributed by atoms with Crippen molar-refractivity contribution in [2.45, 2.75) is 25.8 Å². The Hall–Kier alpha value is -2.24. The Morgan fingerprint density at radius 2 is 1.95 bits per heavy atom. The van der Waals surface area contributed by atoms with Gasteiger partial charge in [0, 0.05) is 5.92 Å². The van der Waals surface area contributed by atoms with Gasteiger partial charge in [0.1, 0.15) is 0 Å². The number of hydrogen-bond donors (Lipinski definition) is 2. The molecule has 1 saturated carbocycles. The number of methoxy groups -OCH3 is 2. The molecule has 1 aliphatic carbocycles. The van der Waals surface area contributed by atoms with Crippen LogP contribution in [0.5, 0.6) is 11.5 Å². The van der Waals surface area contributed by atoms with Gasteiger partial charge >= 0.3 is 5.97 Å². The summed E-state index contributed by atoms with van der Waals surface area (Å²) in [6.45, 7) is 2.01. The van der Waals surface area contributed by atoms with Crippen LogP contribution in [-0.2, 0) is 9.59 Å². The first-order valence-corrected chi connectivity index (χ1v) is 7.20. The lowest BCUT2D eigenvalue weighted by atomic mass is 10.0. The zero-order chi connectivity index (χ0) is 16.3. The quantitative estimate of drug-likeness (QED) is 0.804. The fraction of sp³-hybridized carbons (Fsp3) is 0.500. The van der Waals surface area contributed by atoms with Gasteiger partial charge in [-0.05, 0) is 30.0 Å². The highest BCUT2D eigenvalue weighted by atomic mass is 16.5. The van der Waals surface area contributed by atoms with Crippen molar-refractivity contribution in [1.29, 1.82) is 0 Å². The highest BCUT2D eigenvalue weighted by Crippen LogP contribution is 2.38. The molecular weight excluding hydrogens is 286 g/mol. The number of amides is 1. The molecule has 6 nitrogen and oxygen atoms in total. The molecule has 0 aliphatic heterocycles. The second-order valence-corrected chi connectivity index (χ2v) is 5.59. The molecule has 0 bridgehead atoms. The number of hydrogen-bond acceptors (Lipinski definition) is 4. The van der Waals surface area contributed by atoms with Crippen molar-refractivity contribution in [1.82, 2.24) is 5.32 Å². The normalized spacial score (nSPS) is 20.9. The number of carboxylic acids is 1. The Labute approximate surface area is 129 Å². The maximum atomic E-state index is 12.1. The monoisotopic (exact) mass is 307 g/mol. The van der Waals surface area contributed by atoms with Crippen LogP contribution in [0, 0.1) is 11.8 Å². The highest BCUT2D eigenvalue weighted by Gasteiger charge is 2.40. The molecule has 0 unspecified atom stereocenters. The van der Waals surface area contributed by atoms with Crippen LogP contribution in [0.15, 0.2) is 18.2 Å². The summed E-state index contributed by atoms with van der Waals surface area (Å²) >= 11 is 0. The number of carboxylic acid groups (broad SMARTS) is 1. The minimum Gasteiger partial charge on any atom is -0.493 e. The van der Waals surface area contributed by atoms with Crippen molar-refractivity contribution in [3.05, 3.63) is 23.8 Å². The van der Waals surface area contributed by atoms with Crippen molar-refractivity contribution >= 4 is 11.9 Å². The van der Waals surface area contributed by atoms with Gasteiger partial charge in [-0.15, -0.1) is 0 Å². The van der Waals surface area contributed by atoms with Gasteiger partial charge in [-0.25, -0.2) is 0 Å². The minimum atomic E-state index is -0.969. The molecule has 2 N–H and O–H groups in total. The maximum Gasteiger partial charge on any atom is 0.305 e. The second kappa shape index (κ2) is 6.68. The Balaban J connectivity index is 2.20. The standard InChI is InChI=1S/C16H21NO5/c1-9-6-11(9)16(20)17-12(8-15(18)19)10-4-5-13(21-2)14(7-10)22-3/h4-5,7,9,11-12H,6,8H2,1-3H3,(H,17,20)(H,18,19)/t9-,11-,12+/m1/s1. The number of aliphatic carboxylic acids is 1. The number of rotatable bonds is 7. The summed E-state index contributed by atoms with van der Waals surface area (Å²) in [6.07, 6.45) is 0.680. The van der Waals surface area contributed by atoms with Gasteiger partial charge in [-0.3, -0.25) is 9.59 Å². The van der Waals surface area contributed by atoms with Crippen LogP contribution < -0.4 is 14.8 Å². The van der Waals surface area contributed by atoms with Gasteiger partial charge in [0.2, 0.25) is 5.91 Å². The molecule has 0 saturated heterocycles. The fourth-order valence-corrected chi connectivity index (χ4v) is 2.46. The Bertz CT molecular complexity index is 572. The molecule has 1 amide bonds. The lowest BCUT2D eigenvalue weighted by molar-refractivity contribution is -0.137. The summed E-state index contributed by atoms with van der Waals surface area (Å²) in [6, 6.07) is 4.56. The van der Waals surface area contributed by atoms with Crippen LogP contribution in [-0.4, -0.2) is 31.2 Å². The first kappa shape index (κ1) is 16.1. The van der Waals surface area contributed by atoms with Gasteiger partial charge in [0.15, 0.2) is 11.5 Å². The Morgan fingerprint density at radius 3 is 2.45 bits per heavy atom. The van der Waals surface area contributed by atoms with E-state index in [0.29, 0.717) is 23.0 Å². The largest absolute Gasteiger partial charge is 0.493 e. The number of carbonyl (C=O) groups is 2. The van der Waals surface area contributed by atoms with Crippen molar-refractivity contribution in [3.8, 4) is 11.5 Å². The second-order valence-electron chi connectivity index (χ2n) is 5.59. The van der Waals surface area contributed by atoms with E-state index in [1.807, 2.05) is 6.92 Å². The van der Waals surface area contributed by atoms with Gasteiger partial charge in [0.05, 0.1) is 26.7 Å². The van der Waals surface area contributed by atoms with Crippen molar-refractivity contribution in [2.75, 3.05) is 14.2 Å². The van der Waals surface area contributed by atoms with E-state index in [9.17, 15) is 9.59 Å². The third-order valence-electron chi connectivity index (χ3n) is 3.95. The van der Waals surface area contributed by atoms with Crippen LogP contribution in [0.2, 0.25) is 0 Å². The Kier molecular flexibility index (Phi) is 4.90. The van der Waals surface area contributed by atoms with Crippen LogP contribution in [0.4, 0.5) is 0 Å². The molecule has 22 heavy (non-hydrogen) atoms. The molecule has 1 aromatic carbocycles. The van der Waals surface area contributed by atoms with Crippen molar-refractivity contribution in [3.63, 3.8) is 0 Å². The number of carbonyl (C=O) groups excluding carboxylic acids is 1. The van der Waals surface area contributed by atoms with E-state index in [4.69, 9.17) is 14.6 Å². The van der Waals surface area contributed by atoms with E-state index in [-0.39, 0.29) is 18.2 Å². The van der Waals surface area contributed by atoms with Crippen molar-refractivity contribution < 1.29 is 24.2 Å². The highest BCUT2D eigenvalue weighted by molar-refractivity contribution is 5.82. The third kappa shape index (κ3) is 3.69. The van der Waals surface area contributed by atoms with E-state index in [1.165, 1.54) is 14.2 Å². The SMILES string of the molecule is COc1ccc([C@H](CC(=O)O)NC(=O)[C@@H]2C[C@H]2C)cc1OC. The van der Waals surface area contributed by atoms with Gasteiger partial charge < -0.3 is 19.9 Å². The van der Waals surface area contributed by atoms with Crippen molar-refractivity contribution in [2.24, 2.45) is 11.8 Å². The van der Waals surface area contributed by atoms with Gasteiger partial charge in [0.25, 0.3) is 0 Å². The fourth-order valence-electron chi connectivity index (χ4n) is 2.46. The summed E-state index contributed by atoms with van der Waals surface area (Å²) in [5.74, 6) is 0.372. The summed E-state index contributed by atoms with van der Waals surface area (Å²) in [5, 5.41) is 11.9. The van der Waals surface area contributed by atoms with E-state index in [2.05, 4.69) is 5.32 Å². The van der Waals surface area contributed by atoms with Crippen LogP contribution in [0.25, 0.3) is 0 Å². The molecular formula is C16H21NO5. The summed E-state index contributed by atoms with van der Waals surface area (Å²) in [7, 11) is 3.04. The third-order valence-corrected chi connectivity index (χ3v) is 3.95. The molecule has 6 heteroatoms. The number of nitrogens with one attached hydrogen (secondary N) is 1. The Morgan fingerprint density at radius 1 is 1.32 bits per heavy atom. The molecule has 1 aromatic rings. The van der Waals surface area contributed by atoms with E-state index < -0.39 is 12.0 Å². The molecule has 2 rings (SSSR count). The first-order valence-electron chi connectivity index (χ1n) is 7.20. The summed E-state index contributed by atoms with van der Waals surface area (Å²) < 4.78 is 10.4. The number of benzene rings is 1. The maximum absolute atomic E-state index is 12.1. The van der Waals surface area contributed by atoms with Gasteiger partial charge in [-0.2, -0.15) is 0 Å². The topological polar surface area (TPSA) is 84.9 Å². The van der Waals surface area contributed by atoms with E-state index in [1.54, 1.807) is 18.2 Å². The zero-order valence-corrected chi connectivity index (χ0v) is 13.0. The van der Waals surface area contributed by atoms with Crippen LogP contribution in [0.3, 0.4) is 0 Å². The molecule has 1 fully saturated rings. The summed E-state index contributed by atoms with van der Waals surface area (Å²) in [4.78, 5) is 23.2. The summed E-state index contributed by atoms with van der Waals surface area (Å²) in [5.41, 5.74) is 0.682. The van der Waals surface area contributed by atoms with E-state index >= 15 is 0 Å². The molecule has 0 aromatic heterocycles. The average molecular weight is 307 g/mol. The predicted octanol–water partition coefficient (Wildman–Crippen LogP) is 1.99. The molecule has 0 radical (unpaired) electrons. The molecule has 3 atom stereocenters.